The lowest BCUT2D eigenvalue weighted by atomic mass is 10.3. The van der Waals surface area contributed by atoms with Crippen LogP contribution < -0.4 is 4.90 Å². The number of aromatic nitrogens is 2. The summed E-state index contributed by atoms with van der Waals surface area (Å²) >= 11 is 0. The molecule has 2 aliphatic heterocycles. The molecule has 3 rings (SSSR count). The SMILES string of the molecule is CN1Cc2nc(N3CCCC3)ncc2C1=O. The summed E-state index contributed by atoms with van der Waals surface area (Å²) in [4.78, 5) is 24.3. The zero-order chi connectivity index (χ0) is 11.1. The summed E-state index contributed by atoms with van der Waals surface area (Å²) < 4.78 is 0. The van der Waals surface area contributed by atoms with Crippen LogP contribution in [0.25, 0.3) is 0 Å². The molecule has 5 nitrogen and oxygen atoms in total. The number of amides is 1. The van der Waals surface area contributed by atoms with Gasteiger partial charge in [-0.05, 0) is 12.8 Å². The van der Waals surface area contributed by atoms with Crippen LogP contribution in [-0.4, -0.2) is 40.9 Å². The normalized spacial score (nSPS) is 19.4. The van der Waals surface area contributed by atoms with Gasteiger partial charge in [-0.3, -0.25) is 4.79 Å². The Bertz CT molecular complexity index is 440. The summed E-state index contributed by atoms with van der Waals surface area (Å²) in [5, 5.41) is 0. The van der Waals surface area contributed by atoms with E-state index >= 15 is 0 Å². The molecule has 1 aromatic heterocycles. The second-order valence-electron chi connectivity index (χ2n) is 4.39. The first-order valence-corrected chi connectivity index (χ1v) is 5.62. The van der Waals surface area contributed by atoms with E-state index in [2.05, 4.69) is 14.9 Å². The van der Waals surface area contributed by atoms with Crippen molar-refractivity contribution in [2.75, 3.05) is 25.0 Å². The lowest BCUT2D eigenvalue weighted by Gasteiger charge is -2.14. The van der Waals surface area contributed by atoms with Crippen LogP contribution in [0.2, 0.25) is 0 Å². The Balaban J connectivity index is 1.95. The molecule has 16 heavy (non-hydrogen) atoms. The number of hydrogen-bond donors (Lipinski definition) is 0. The highest BCUT2D eigenvalue weighted by Gasteiger charge is 2.27. The summed E-state index contributed by atoms with van der Waals surface area (Å²) in [6.07, 6.45) is 4.08. The Morgan fingerprint density at radius 3 is 2.81 bits per heavy atom. The minimum absolute atomic E-state index is 0.0305. The zero-order valence-electron chi connectivity index (χ0n) is 9.31. The Labute approximate surface area is 94.1 Å². The van der Waals surface area contributed by atoms with Gasteiger partial charge >= 0.3 is 0 Å². The highest BCUT2D eigenvalue weighted by Crippen LogP contribution is 2.22. The first-order chi connectivity index (χ1) is 7.75. The molecule has 0 radical (unpaired) electrons. The second-order valence-corrected chi connectivity index (χ2v) is 4.39. The lowest BCUT2D eigenvalue weighted by molar-refractivity contribution is 0.0816. The van der Waals surface area contributed by atoms with Crippen molar-refractivity contribution in [2.45, 2.75) is 19.4 Å². The maximum Gasteiger partial charge on any atom is 0.257 e. The van der Waals surface area contributed by atoms with Crippen LogP contribution in [0.1, 0.15) is 28.9 Å². The topological polar surface area (TPSA) is 49.3 Å². The molecule has 1 amide bonds. The van der Waals surface area contributed by atoms with Gasteiger partial charge in [-0.2, -0.15) is 0 Å². The van der Waals surface area contributed by atoms with Crippen molar-refractivity contribution < 1.29 is 4.79 Å². The van der Waals surface area contributed by atoms with Crippen molar-refractivity contribution in [3.8, 4) is 0 Å². The monoisotopic (exact) mass is 218 g/mol. The summed E-state index contributed by atoms with van der Waals surface area (Å²) in [6.45, 7) is 2.67. The first-order valence-electron chi connectivity index (χ1n) is 5.62. The molecule has 0 saturated carbocycles. The van der Waals surface area contributed by atoms with Crippen LogP contribution >= 0.6 is 0 Å². The van der Waals surface area contributed by atoms with Gasteiger partial charge in [-0.25, -0.2) is 9.97 Å². The predicted molar refractivity (Wildman–Crippen MR) is 59.3 cm³/mol. The molecule has 0 bridgehead atoms. The molecular weight excluding hydrogens is 204 g/mol. The van der Waals surface area contributed by atoms with E-state index in [1.165, 1.54) is 12.8 Å². The largest absolute Gasteiger partial charge is 0.341 e. The van der Waals surface area contributed by atoms with E-state index in [0.717, 1.165) is 24.7 Å². The van der Waals surface area contributed by atoms with Crippen LogP contribution in [0, 0.1) is 0 Å². The fraction of sp³-hybridized carbons (Fsp3) is 0.545. The van der Waals surface area contributed by atoms with Gasteiger partial charge in [-0.15, -0.1) is 0 Å². The van der Waals surface area contributed by atoms with E-state index in [-0.39, 0.29) is 5.91 Å². The van der Waals surface area contributed by atoms with Gasteiger partial charge in [0.15, 0.2) is 0 Å². The van der Waals surface area contributed by atoms with Gasteiger partial charge in [-0.1, -0.05) is 0 Å². The van der Waals surface area contributed by atoms with E-state index in [0.29, 0.717) is 12.1 Å². The highest BCUT2D eigenvalue weighted by atomic mass is 16.2. The fourth-order valence-electron chi connectivity index (χ4n) is 2.28. The fourth-order valence-corrected chi connectivity index (χ4v) is 2.28. The number of fused-ring (bicyclic) bond motifs is 1. The lowest BCUT2D eigenvalue weighted by Crippen LogP contribution is -2.21. The third-order valence-corrected chi connectivity index (χ3v) is 3.21. The van der Waals surface area contributed by atoms with Crippen LogP contribution in [0.5, 0.6) is 0 Å². The van der Waals surface area contributed by atoms with Gasteiger partial charge in [0.05, 0.1) is 17.8 Å². The molecular formula is C11H14N4O. The average Bonchev–Trinajstić information content (AvgIpc) is 2.88. The van der Waals surface area contributed by atoms with E-state index in [4.69, 9.17) is 0 Å². The van der Waals surface area contributed by atoms with Crippen molar-refractivity contribution >= 4 is 11.9 Å². The number of hydrogen-bond acceptors (Lipinski definition) is 4. The van der Waals surface area contributed by atoms with Crippen molar-refractivity contribution in [2.24, 2.45) is 0 Å². The smallest absolute Gasteiger partial charge is 0.257 e. The Hall–Kier alpha value is -1.65. The molecule has 0 N–H and O–H groups in total. The molecule has 0 spiro atoms. The summed E-state index contributed by atoms with van der Waals surface area (Å²) in [6, 6.07) is 0. The van der Waals surface area contributed by atoms with Gasteiger partial charge in [0, 0.05) is 26.3 Å². The summed E-state index contributed by atoms with van der Waals surface area (Å²) in [5.41, 5.74) is 1.52. The Kier molecular flexibility index (Phi) is 2.05. The minimum atomic E-state index is 0.0305. The maximum absolute atomic E-state index is 11.7. The van der Waals surface area contributed by atoms with Crippen molar-refractivity contribution in [3.63, 3.8) is 0 Å². The third-order valence-electron chi connectivity index (χ3n) is 3.21. The van der Waals surface area contributed by atoms with Crippen molar-refractivity contribution in [1.29, 1.82) is 0 Å². The average molecular weight is 218 g/mol. The molecule has 0 aliphatic carbocycles. The van der Waals surface area contributed by atoms with Gasteiger partial charge in [0.2, 0.25) is 5.95 Å². The standard InChI is InChI=1S/C11H14N4O/c1-14-7-9-8(10(14)16)6-12-11(13-9)15-4-2-3-5-15/h6H,2-5,7H2,1H3. The molecule has 1 saturated heterocycles. The Morgan fingerprint density at radius 2 is 2.06 bits per heavy atom. The van der Waals surface area contributed by atoms with E-state index in [1.807, 2.05) is 0 Å². The number of nitrogens with zero attached hydrogens (tertiary/aromatic N) is 4. The van der Waals surface area contributed by atoms with Gasteiger partial charge in [0.25, 0.3) is 5.91 Å². The zero-order valence-corrected chi connectivity index (χ0v) is 9.31. The molecule has 2 aliphatic rings. The molecule has 5 heteroatoms. The molecule has 1 fully saturated rings. The number of carbonyl (C=O) groups is 1. The molecule has 0 aromatic carbocycles. The molecule has 0 atom stereocenters. The van der Waals surface area contributed by atoms with Crippen LogP contribution in [0.3, 0.4) is 0 Å². The second kappa shape index (κ2) is 3.43. The molecule has 1 aromatic rings. The molecule has 3 heterocycles. The summed E-state index contributed by atoms with van der Waals surface area (Å²) in [7, 11) is 1.79. The molecule has 84 valence electrons. The van der Waals surface area contributed by atoms with Crippen molar-refractivity contribution in [3.05, 3.63) is 17.5 Å². The predicted octanol–water partition coefficient (Wildman–Crippen LogP) is 0.662. The number of rotatable bonds is 1. The van der Waals surface area contributed by atoms with Crippen molar-refractivity contribution in [1.82, 2.24) is 14.9 Å². The minimum Gasteiger partial charge on any atom is -0.341 e. The quantitative estimate of drug-likeness (QED) is 0.695. The number of carbonyl (C=O) groups excluding carboxylic acids is 1. The van der Waals surface area contributed by atoms with Crippen LogP contribution in [0.4, 0.5) is 5.95 Å². The number of anilines is 1. The highest BCUT2D eigenvalue weighted by molar-refractivity contribution is 5.97. The first kappa shape index (κ1) is 9.57. The van der Waals surface area contributed by atoms with Crippen LogP contribution in [-0.2, 0) is 6.54 Å². The molecule has 0 unspecified atom stereocenters. The third kappa shape index (κ3) is 1.35. The van der Waals surface area contributed by atoms with Gasteiger partial charge < -0.3 is 9.80 Å². The van der Waals surface area contributed by atoms with E-state index in [1.54, 1.807) is 18.1 Å². The van der Waals surface area contributed by atoms with Gasteiger partial charge in [0.1, 0.15) is 0 Å². The maximum atomic E-state index is 11.7. The Morgan fingerprint density at radius 1 is 1.31 bits per heavy atom. The van der Waals surface area contributed by atoms with Crippen LogP contribution in [0.15, 0.2) is 6.20 Å². The van der Waals surface area contributed by atoms with E-state index in [9.17, 15) is 4.79 Å². The van der Waals surface area contributed by atoms with E-state index < -0.39 is 0 Å². The summed E-state index contributed by atoms with van der Waals surface area (Å²) in [5.74, 6) is 0.808.